The minimum Gasteiger partial charge on any atom is -0.453 e. The fraction of sp³-hybridized carbons (Fsp3) is 0.818. The number of carbonyl (C=O) groups excluding carboxylic acids is 2. The van der Waals surface area contributed by atoms with Gasteiger partial charge in [-0.25, -0.2) is 4.79 Å². The van der Waals surface area contributed by atoms with Crippen LogP contribution < -0.4 is 5.32 Å². The second kappa shape index (κ2) is 15.4. The maximum atomic E-state index is 10.8. The maximum absolute atomic E-state index is 10.8. The monoisotopic (exact) mass is 219 g/mol. The van der Waals surface area contributed by atoms with Gasteiger partial charge in [0.25, 0.3) is 0 Å². The van der Waals surface area contributed by atoms with E-state index in [1.165, 1.54) is 14.0 Å². The number of ether oxygens (including phenoxy) is 1. The molecule has 0 radical (unpaired) electrons. The maximum Gasteiger partial charge on any atom is 0.407 e. The van der Waals surface area contributed by atoms with Crippen LogP contribution in [0.15, 0.2) is 0 Å². The number of methoxy groups -OCH3 is 1. The first-order valence-electron chi connectivity index (χ1n) is 5.46. The summed E-state index contributed by atoms with van der Waals surface area (Å²) in [6.45, 7) is 11.3. The third-order valence-corrected chi connectivity index (χ3v) is 1.38. The Bertz CT molecular complexity index is 158. The summed E-state index contributed by atoms with van der Waals surface area (Å²) in [5, 5.41) is 2.41. The Hall–Kier alpha value is -1.06. The Morgan fingerprint density at radius 2 is 1.60 bits per heavy atom. The summed E-state index contributed by atoms with van der Waals surface area (Å²) in [6.07, 6.45) is 0.0248. The minimum atomic E-state index is -0.563. The van der Waals surface area contributed by atoms with Crippen molar-refractivity contribution in [3.05, 3.63) is 0 Å². The van der Waals surface area contributed by atoms with Gasteiger partial charge in [0.2, 0.25) is 0 Å². The lowest BCUT2D eigenvalue weighted by Crippen LogP contribution is -2.39. The highest BCUT2D eigenvalue weighted by atomic mass is 16.5. The second-order valence-electron chi connectivity index (χ2n) is 2.21. The Balaban J connectivity index is -0.000000318. The zero-order valence-corrected chi connectivity index (χ0v) is 11.0. The highest BCUT2D eigenvalue weighted by Gasteiger charge is 2.13. The molecule has 92 valence electrons. The van der Waals surface area contributed by atoms with Crippen LogP contribution in [0.3, 0.4) is 0 Å². The summed E-state index contributed by atoms with van der Waals surface area (Å²) in [5.41, 5.74) is 0. The zero-order valence-electron chi connectivity index (χ0n) is 11.0. The van der Waals surface area contributed by atoms with Crippen LogP contribution >= 0.6 is 0 Å². The standard InChI is InChI=1S/C7H13NO3.2C2H6/c1-4-6(5(2)9)8-7(10)11-3;2*1-2/h6H,4H2,1-3H3,(H,8,10);2*1-2H3. The first-order chi connectivity index (χ1) is 7.11. The van der Waals surface area contributed by atoms with Gasteiger partial charge in [-0.15, -0.1) is 0 Å². The number of amides is 1. The molecular weight excluding hydrogens is 194 g/mol. The molecule has 15 heavy (non-hydrogen) atoms. The zero-order chi connectivity index (χ0) is 12.9. The van der Waals surface area contributed by atoms with Crippen LogP contribution in [0.5, 0.6) is 0 Å². The highest BCUT2D eigenvalue weighted by Crippen LogP contribution is 1.92. The quantitative estimate of drug-likeness (QED) is 0.794. The molecule has 4 nitrogen and oxygen atoms in total. The SMILES string of the molecule is CC.CC.CCC(NC(=O)OC)C(C)=O. The van der Waals surface area contributed by atoms with Gasteiger partial charge in [0.15, 0.2) is 5.78 Å². The molecule has 1 atom stereocenters. The molecular formula is C11H25NO3. The van der Waals surface area contributed by atoms with Crippen molar-refractivity contribution in [3.8, 4) is 0 Å². The molecule has 1 amide bonds. The summed E-state index contributed by atoms with van der Waals surface area (Å²) in [5.74, 6) is -0.0575. The summed E-state index contributed by atoms with van der Waals surface area (Å²) in [4.78, 5) is 21.4. The van der Waals surface area contributed by atoms with Gasteiger partial charge in [-0.05, 0) is 13.3 Å². The van der Waals surface area contributed by atoms with Gasteiger partial charge in [-0.2, -0.15) is 0 Å². The lowest BCUT2D eigenvalue weighted by molar-refractivity contribution is -0.118. The van der Waals surface area contributed by atoms with Crippen molar-refractivity contribution in [1.29, 1.82) is 0 Å². The van der Waals surface area contributed by atoms with Crippen LogP contribution in [0.25, 0.3) is 0 Å². The topological polar surface area (TPSA) is 55.4 Å². The van der Waals surface area contributed by atoms with Crippen LogP contribution in [0.1, 0.15) is 48.0 Å². The molecule has 0 saturated carbocycles. The van der Waals surface area contributed by atoms with Gasteiger partial charge in [0.1, 0.15) is 0 Å². The van der Waals surface area contributed by atoms with Crippen LogP contribution in [0, 0.1) is 0 Å². The number of ketones is 1. The fourth-order valence-electron chi connectivity index (χ4n) is 0.692. The van der Waals surface area contributed by atoms with Crippen molar-refractivity contribution in [2.24, 2.45) is 0 Å². The number of rotatable bonds is 3. The van der Waals surface area contributed by atoms with Gasteiger partial charge >= 0.3 is 6.09 Å². The first-order valence-corrected chi connectivity index (χ1v) is 5.46. The van der Waals surface area contributed by atoms with E-state index in [2.05, 4.69) is 10.1 Å². The smallest absolute Gasteiger partial charge is 0.407 e. The average Bonchev–Trinajstić information content (AvgIpc) is 2.30. The molecule has 1 unspecified atom stereocenters. The molecule has 0 aromatic heterocycles. The van der Waals surface area contributed by atoms with E-state index in [9.17, 15) is 9.59 Å². The molecule has 0 bridgehead atoms. The summed E-state index contributed by atoms with van der Waals surface area (Å²) < 4.78 is 4.33. The lowest BCUT2D eigenvalue weighted by Gasteiger charge is -2.11. The van der Waals surface area contributed by atoms with E-state index in [1.807, 2.05) is 34.6 Å². The molecule has 0 aromatic carbocycles. The molecule has 0 aliphatic heterocycles. The van der Waals surface area contributed by atoms with Crippen molar-refractivity contribution in [2.75, 3.05) is 7.11 Å². The van der Waals surface area contributed by atoms with E-state index >= 15 is 0 Å². The number of nitrogens with one attached hydrogen (secondary N) is 1. The summed E-state index contributed by atoms with van der Waals surface area (Å²) >= 11 is 0. The number of carbonyl (C=O) groups is 2. The van der Waals surface area contributed by atoms with Gasteiger partial charge < -0.3 is 10.1 Å². The largest absolute Gasteiger partial charge is 0.453 e. The average molecular weight is 219 g/mol. The van der Waals surface area contributed by atoms with Gasteiger partial charge in [0, 0.05) is 0 Å². The summed E-state index contributed by atoms with van der Waals surface area (Å²) in [7, 11) is 1.27. The van der Waals surface area contributed by atoms with Gasteiger partial charge in [-0.1, -0.05) is 34.6 Å². The van der Waals surface area contributed by atoms with E-state index in [-0.39, 0.29) is 5.78 Å². The van der Waals surface area contributed by atoms with Crippen molar-refractivity contribution in [3.63, 3.8) is 0 Å². The van der Waals surface area contributed by atoms with Gasteiger partial charge in [0.05, 0.1) is 13.2 Å². The first kappa shape index (κ1) is 19.5. The van der Waals surface area contributed by atoms with E-state index in [0.717, 1.165) is 0 Å². The Labute approximate surface area is 93.4 Å². The third kappa shape index (κ3) is 12.9. The van der Waals surface area contributed by atoms with Crippen molar-refractivity contribution in [1.82, 2.24) is 5.32 Å². The molecule has 0 aliphatic carbocycles. The van der Waals surface area contributed by atoms with E-state index in [1.54, 1.807) is 0 Å². The number of hydrogen-bond acceptors (Lipinski definition) is 3. The van der Waals surface area contributed by atoms with Crippen molar-refractivity contribution < 1.29 is 14.3 Å². The van der Waals surface area contributed by atoms with Crippen LogP contribution in [-0.2, 0) is 9.53 Å². The molecule has 0 rings (SSSR count). The van der Waals surface area contributed by atoms with Crippen molar-refractivity contribution in [2.45, 2.75) is 54.0 Å². The highest BCUT2D eigenvalue weighted by molar-refractivity contribution is 5.85. The molecule has 0 spiro atoms. The minimum absolute atomic E-state index is 0.0575. The molecule has 0 heterocycles. The van der Waals surface area contributed by atoms with Crippen molar-refractivity contribution >= 4 is 11.9 Å². The Morgan fingerprint density at radius 1 is 1.20 bits per heavy atom. The summed E-state index contributed by atoms with van der Waals surface area (Å²) in [6, 6.07) is -0.414. The number of Topliss-reactive ketones (excluding diaryl/α,β-unsaturated/α-hetero) is 1. The van der Waals surface area contributed by atoms with Gasteiger partial charge in [-0.3, -0.25) is 4.79 Å². The Kier molecular flexibility index (Phi) is 20.0. The molecule has 1 N–H and O–H groups in total. The van der Waals surface area contributed by atoms with Crippen LogP contribution in [-0.4, -0.2) is 25.0 Å². The van der Waals surface area contributed by atoms with E-state index < -0.39 is 12.1 Å². The second-order valence-corrected chi connectivity index (χ2v) is 2.21. The number of hydrogen-bond donors (Lipinski definition) is 1. The predicted molar refractivity (Wildman–Crippen MR) is 63.0 cm³/mol. The van der Waals surface area contributed by atoms with Crippen LogP contribution in [0.4, 0.5) is 4.79 Å². The molecule has 0 saturated heterocycles. The van der Waals surface area contributed by atoms with E-state index in [0.29, 0.717) is 6.42 Å². The Morgan fingerprint density at radius 3 is 1.80 bits per heavy atom. The van der Waals surface area contributed by atoms with E-state index in [4.69, 9.17) is 0 Å². The third-order valence-electron chi connectivity index (χ3n) is 1.38. The molecule has 0 fully saturated rings. The molecule has 0 aromatic rings. The number of alkyl carbamates (subject to hydrolysis) is 1. The predicted octanol–water partition coefficient (Wildman–Crippen LogP) is 2.76. The molecule has 4 heteroatoms. The lowest BCUT2D eigenvalue weighted by atomic mass is 10.1. The normalized spacial score (nSPS) is 9.53. The van der Waals surface area contributed by atoms with Crippen LogP contribution in [0.2, 0.25) is 0 Å². The fourth-order valence-corrected chi connectivity index (χ4v) is 0.692. The molecule has 0 aliphatic rings.